The van der Waals surface area contributed by atoms with E-state index in [4.69, 9.17) is 21.1 Å². The first-order chi connectivity index (χ1) is 19.0. The third kappa shape index (κ3) is 6.13. The Bertz CT molecular complexity index is 1590. The second-order valence-electron chi connectivity index (χ2n) is 9.01. The Kier molecular flexibility index (Phi) is 8.79. The molecule has 9 nitrogen and oxygen atoms in total. The van der Waals surface area contributed by atoms with Gasteiger partial charge in [-0.25, -0.2) is 9.69 Å². The second-order valence-corrected chi connectivity index (χ2v) is 10.6. The summed E-state index contributed by atoms with van der Waals surface area (Å²) in [6.07, 6.45) is 1.36. The average molecular weight is 674 g/mol. The third-order valence-electron chi connectivity index (χ3n) is 6.30. The number of anilines is 2. The molecular weight excluding hydrogens is 649 g/mol. The molecule has 1 saturated heterocycles. The number of carbonyl (C=O) groups is 4. The van der Waals surface area contributed by atoms with E-state index in [0.29, 0.717) is 36.9 Å². The minimum atomic E-state index is -0.868. The minimum Gasteiger partial charge on any atom is -0.493 e. The lowest BCUT2D eigenvalue weighted by atomic mass is 10.1. The summed E-state index contributed by atoms with van der Waals surface area (Å²) in [4.78, 5) is 52.0. The number of nitrogens with one attached hydrogen (secondary N) is 2. The van der Waals surface area contributed by atoms with Crippen LogP contribution in [0.1, 0.15) is 22.3 Å². The van der Waals surface area contributed by atoms with Crippen molar-refractivity contribution >= 4 is 75.4 Å². The quantitative estimate of drug-likeness (QED) is 0.193. The molecular formula is C29H25ClIN3O6. The number of rotatable bonds is 7. The smallest absolute Gasteiger partial charge is 0.335 e. The summed E-state index contributed by atoms with van der Waals surface area (Å²) in [6.45, 7) is 5.34. The van der Waals surface area contributed by atoms with E-state index < -0.39 is 17.8 Å². The zero-order chi connectivity index (χ0) is 29.1. The number of ether oxygens (including phenoxy) is 2. The molecule has 206 valence electrons. The molecule has 4 rings (SSSR count). The minimum absolute atomic E-state index is 0.251. The zero-order valence-corrected chi connectivity index (χ0v) is 25.0. The maximum Gasteiger partial charge on any atom is 0.335 e. The van der Waals surface area contributed by atoms with Crippen LogP contribution in [0.2, 0.25) is 5.02 Å². The van der Waals surface area contributed by atoms with Gasteiger partial charge in [0.1, 0.15) is 5.57 Å². The van der Waals surface area contributed by atoms with Crippen LogP contribution >= 0.6 is 34.2 Å². The Hall–Kier alpha value is -3.90. The summed E-state index contributed by atoms with van der Waals surface area (Å²) in [7, 11) is 1.44. The first-order valence-electron chi connectivity index (χ1n) is 12.0. The molecule has 0 saturated carbocycles. The SMILES string of the molecule is COc1cc(/C=C2\C(=O)NC(=O)N(c3cc(Cl)ccc3C)C2=O)cc(I)c1OCC(=O)Nc1cccc(C)c1C. The number of benzene rings is 3. The van der Waals surface area contributed by atoms with Crippen molar-refractivity contribution in [1.29, 1.82) is 0 Å². The van der Waals surface area contributed by atoms with Gasteiger partial charge in [0.15, 0.2) is 18.1 Å². The highest BCUT2D eigenvalue weighted by atomic mass is 127. The van der Waals surface area contributed by atoms with Crippen molar-refractivity contribution in [2.45, 2.75) is 20.8 Å². The molecule has 1 aliphatic heterocycles. The fourth-order valence-electron chi connectivity index (χ4n) is 4.04. The number of methoxy groups -OCH3 is 1. The molecule has 0 bridgehead atoms. The largest absolute Gasteiger partial charge is 0.493 e. The number of amides is 5. The average Bonchev–Trinajstić information content (AvgIpc) is 2.90. The van der Waals surface area contributed by atoms with Crippen molar-refractivity contribution in [3.05, 3.63) is 85.0 Å². The second kappa shape index (κ2) is 12.1. The molecule has 3 aromatic rings. The third-order valence-corrected chi connectivity index (χ3v) is 7.34. The van der Waals surface area contributed by atoms with Gasteiger partial charge in [-0.15, -0.1) is 0 Å². The Morgan fingerprint density at radius 2 is 1.82 bits per heavy atom. The molecule has 2 N–H and O–H groups in total. The predicted octanol–water partition coefficient (Wildman–Crippen LogP) is 5.56. The van der Waals surface area contributed by atoms with Gasteiger partial charge in [0.2, 0.25) is 0 Å². The molecule has 40 heavy (non-hydrogen) atoms. The maximum absolute atomic E-state index is 13.3. The van der Waals surface area contributed by atoms with Crippen molar-refractivity contribution in [2.24, 2.45) is 0 Å². The molecule has 1 heterocycles. The summed E-state index contributed by atoms with van der Waals surface area (Å²) in [5, 5.41) is 5.38. The maximum atomic E-state index is 13.3. The number of carbonyl (C=O) groups excluding carboxylic acids is 4. The molecule has 3 aromatic carbocycles. The van der Waals surface area contributed by atoms with Crippen LogP contribution in [0.4, 0.5) is 16.2 Å². The van der Waals surface area contributed by atoms with Gasteiger partial charge in [0, 0.05) is 10.7 Å². The van der Waals surface area contributed by atoms with Crippen LogP contribution in [-0.4, -0.2) is 37.5 Å². The van der Waals surface area contributed by atoms with E-state index in [1.165, 1.54) is 19.3 Å². The van der Waals surface area contributed by atoms with Crippen LogP contribution in [0.15, 0.2) is 54.1 Å². The molecule has 11 heteroatoms. The Labute approximate surface area is 249 Å². The molecule has 0 atom stereocenters. The predicted molar refractivity (Wildman–Crippen MR) is 161 cm³/mol. The fourth-order valence-corrected chi connectivity index (χ4v) is 4.99. The number of aryl methyl sites for hydroxylation is 2. The molecule has 0 spiro atoms. The van der Waals surface area contributed by atoms with Crippen LogP contribution in [0.25, 0.3) is 6.08 Å². The number of urea groups is 1. The molecule has 5 amide bonds. The van der Waals surface area contributed by atoms with Crippen molar-refractivity contribution in [3.63, 3.8) is 0 Å². The van der Waals surface area contributed by atoms with Gasteiger partial charge in [0.25, 0.3) is 17.7 Å². The normalized spacial score (nSPS) is 14.3. The van der Waals surface area contributed by atoms with E-state index in [9.17, 15) is 19.2 Å². The molecule has 0 aliphatic carbocycles. The molecule has 0 aromatic heterocycles. The van der Waals surface area contributed by atoms with Gasteiger partial charge in [-0.2, -0.15) is 0 Å². The van der Waals surface area contributed by atoms with E-state index in [1.54, 1.807) is 31.2 Å². The number of barbiturate groups is 1. The summed E-state index contributed by atoms with van der Waals surface area (Å²) in [6, 6.07) is 12.8. The summed E-state index contributed by atoms with van der Waals surface area (Å²) in [5.41, 5.74) is 3.81. The number of hydrogen-bond donors (Lipinski definition) is 2. The topological polar surface area (TPSA) is 114 Å². The van der Waals surface area contributed by atoms with Crippen molar-refractivity contribution in [3.8, 4) is 11.5 Å². The number of hydrogen-bond acceptors (Lipinski definition) is 6. The van der Waals surface area contributed by atoms with Gasteiger partial charge in [0.05, 0.1) is 16.4 Å². The van der Waals surface area contributed by atoms with Gasteiger partial charge in [-0.3, -0.25) is 19.7 Å². The number of imide groups is 2. The highest BCUT2D eigenvalue weighted by Crippen LogP contribution is 2.35. The first-order valence-corrected chi connectivity index (χ1v) is 13.5. The lowest BCUT2D eigenvalue weighted by Crippen LogP contribution is -2.54. The molecule has 0 radical (unpaired) electrons. The van der Waals surface area contributed by atoms with E-state index in [0.717, 1.165) is 16.0 Å². The lowest BCUT2D eigenvalue weighted by Gasteiger charge is -2.27. The van der Waals surface area contributed by atoms with E-state index in [-0.39, 0.29) is 23.8 Å². The van der Waals surface area contributed by atoms with Crippen LogP contribution < -0.4 is 25.0 Å². The van der Waals surface area contributed by atoms with Crippen molar-refractivity contribution < 1.29 is 28.7 Å². The van der Waals surface area contributed by atoms with Crippen molar-refractivity contribution in [1.82, 2.24) is 5.32 Å². The monoisotopic (exact) mass is 673 g/mol. The Balaban J connectivity index is 1.58. The Morgan fingerprint density at radius 1 is 1.07 bits per heavy atom. The van der Waals surface area contributed by atoms with Gasteiger partial charge >= 0.3 is 6.03 Å². The fraction of sp³-hybridized carbons (Fsp3) is 0.172. The highest BCUT2D eigenvalue weighted by Gasteiger charge is 2.37. The van der Waals surface area contributed by atoms with Crippen LogP contribution in [0.5, 0.6) is 11.5 Å². The van der Waals surface area contributed by atoms with Crippen molar-refractivity contribution in [2.75, 3.05) is 23.9 Å². The van der Waals surface area contributed by atoms with Gasteiger partial charge in [-0.1, -0.05) is 29.8 Å². The number of halogens is 2. The first kappa shape index (κ1) is 29.1. The summed E-state index contributed by atoms with van der Waals surface area (Å²) in [5.74, 6) is -1.35. The van der Waals surface area contributed by atoms with Crippen LogP contribution in [0, 0.1) is 24.3 Å². The van der Waals surface area contributed by atoms with E-state index in [2.05, 4.69) is 10.6 Å². The van der Waals surface area contributed by atoms with Gasteiger partial charge in [-0.05, 0) is 102 Å². The van der Waals surface area contributed by atoms with E-state index in [1.807, 2.05) is 54.6 Å². The summed E-state index contributed by atoms with van der Waals surface area (Å²) < 4.78 is 11.8. The highest BCUT2D eigenvalue weighted by molar-refractivity contribution is 14.1. The summed E-state index contributed by atoms with van der Waals surface area (Å²) >= 11 is 8.10. The standard InChI is InChI=1S/C29H25ClIN3O6/c1-15-6-5-7-22(17(15)3)32-25(35)14-40-26-21(31)11-18(12-24(26)39-4)10-20-27(36)33-29(38)34(28(20)37)23-13-19(30)9-8-16(23)2/h5-13H,14H2,1-4H3,(H,32,35)(H,33,36,38)/b20-10+. The molecule has 0 unspecified atom stereocenters. The zero-order valence-electron chi connectivity index (χ0n) is 22.1. The molecule has 1 aliphatic rings. The van der Waals surface area contributed by atoms with Gasteiger partial charge < -0.3 is 14.8 Å². The lowest BCUT2D eigenvalue weighted by molar-refractivity contribution is -0.122. The van der Waals surface area contributed by atoms with Crippen LogP contribution in [-0.2, 0) is 14.4 Å². The molecule has 1 fully saturated rings. The Morgan fingerprint density at radius 3 is 2.55 bits per heavy atom. The van der Waals surface area contributed by atoms with E-state index >= 15 is 0 Å². The number of nitrogens with zero attached hydrogens (tertiary/aromatic N) is 1. The van der Waals surface area contributed by atoms with Crippen LogP contribution in [0.3, 0.4) is 0 Å².